The smallest absolute Gasteiger partial charge is 0.420 e. The number of ether oxygens (including phenoxy) is 1. The highest BCUT2D eigenvalue weighted by atomic mass is 19.1. The zero-order valence-corrected chi connectivity index (χ0v) is 12.7. The number of carbonyl (C=O) groups is 1. The van der Waals surface area contributed by atoms with Gasteiger partial charge in [-0.05, 0) is 24.3 Å². The van der Waals surface area contributed by atoms with Crippen LogP contribution in [0.5, 0.6) is 5.75 Å². The van der Waals surface area contributed by atoms with Gasteiger partial charge in [0.05, 0.1) is 12.1 Å². The van der Waals surface area contributed by atoms with E-state index in [1.54, 1.807) is 36.4 Å². The Balaban J connectivity index is 1.53. The molecular weight excluding hydrogens is 315 g/mol. The maximum atomic E-state index is 13.4. The Kier molecular flexibility index (Phi) is 4.60. The molecule has 0 aliphatic heterocycles. The first-order valence-corrected chi connectivity index (χ1v) is 7.37. The molecule has 0 aliphatic carbocycles. The summed E-state index contributed by atoms with van der Waals surface area (Å²) in [6.07, 6.45) is 0. The predicted molar refractivity (Wildman–Crippen MR) is 85.4 cm³/mol. The van der Waals surface area contributed by atoms with Crippen molar-refractivity contribution in [2.75, 3.05) is 13.2 Å². The van der Waals surface area contributed by atoms with Crippen molar-refractivity contribution in [3.8, 4) is 5.75 Å². The number of nitrogens with one attached hydrogen (secondary N) is 1. The lowest BCUT2D eigenvalue weighted by Gasteiger charge is -2.08. The fraction of sp³-hybridized carbons (Fsp3) is 0.176. The van der Waals surface area contributed by atoms with Crippen LogP contribution in [0, 0.1) is 5.82 Å². The highest BCUT2D eigenvalue weighted by molar-refractivity contribution is 5.79. The van der Waals surface area contributed by atoms with Gasteiger partial charge < -0.3 is 14.5 Å². The van der Waals surface area contributed by atoms with E-state index < -0.39 is 11.6 Å². The Hall–Kier alpha value is -3.09. The Bertz CT molecular complexity index is 916. The maximum absolute atomic E-state index is 13.4. The molecule has 0 atom stereocenters. The second-order valence-electron chi connectivity index (χ2n) is 5.05. The molecule has 2 aromatic carbocycles. The van der Waals surface area contributed by atoms with Crippen LogP contribution in [0.1, 0.15) is 0 Å². The molecule has 124 valence electrons. The summed E-state index contributed by atoms with van der Waals surface area (Å²) in [6, 6.07) is 12.9. The number of hydrogen-bond donors (Lipinski definition) is 1. The SMILES string of the molecule is O=C(Cn1c(=O)oc2ccccc21)NCCOc1ccccc1F. The van der Waals surface area contributed by atoms with Crippen molar-refractivity contribution in [1.29, 1.82) is 0 Å². The Labute approximate surface area is 136 Å². The van der Waals surface area contributed by atoms with E-state index in [9.17, 15) is 14.0 Å². The van der Waals surface area contributed by atoms with Gasteiger partial charge in [0.1, 0.15) is 13.2 Å². The number of nitrogens with zero attached hydrogens (tertiary/aromatic N) is 1. The third kappa shape index (κ3) is 3.45. The Morgan fingerprint density at radius 3 is 2.75 bits per heavy atom. The van der Waals surface area contributed by atoms with Gasteiger partial charge in [-0.2, -0.15) is 0 Å². The second kappa shape index (κ2) is 6.99. The van der Waals surface area contributed by atoms with E-state index in [2.05, 4.69) is 5.32 Å². The van der Waals surface area contributed by atoms with E-state index in [0.29, 0.717) is 11.1 Å². The molecule has 0 saturated heterocycles. The number of rotatable bonds is 6. The largest absolute Gasteiger partial charge is 0.489 e. The van der Waals surface area contributed by atoms with Gasteiger partial charge in [-0.25, -0.2) is 9.18 Å². The minimum absolute atomic E-state index is 0.119. The zero-order valence-electron chi connectivity index (χ0n) is 12.7. The first-order chi connectivity index (χ1) is 11.6. The number of para-hydroxylation sites is 3. The van der Waals surface area contributed by atoms with Gasteiger partial charge in [0.2, 0.25) is 5.91 Å². The van der Waals surface area contributed by atoms with Crippen LogP contribution in [-0.2, 0) is 11.3 Å². The van der Waals surface area contributed by atoms with Gasteiger partial charge in [-0.1, -0.05) is 24.3 Å². The molecular formula is C17H15FN2O4. The van der Waals surface area contributed by atoms with E-state index in [1.807, 2.05) is 0 Å². The summed E-state index contributed by atoms with van der Waals surface area (Å²) in [7, 11) is 0. The molecule has 0 radical (unpaired) electrons. The zero-order chi connectivity index (χ0) is 16.9. The standard InChI is InChI=1S/C17H15FN2O4/c18-12-5-1-3-7-14(12)23-10-9-19-16(21)11-20-13-6-2-4-8-15(13)24-17(20)22/h1-8H,9-11H2,(H,19,21). The molecule has 6 nitrogen and oxygen atoms in total. The second-order valence-corrected chi connectivity index (χ2v) is 5.05. The van der Waals surface area contributed by atoms with Gasteiger partial charge in [-0.15, -0.1) is 0 Å². The normalized spacial score (nSPS) is 10.7. The van der Waals surface area contributed by atoms with Gasteiger partial charge >= 0.3 is 5.76 Å². The Morgan fingerprint density at radius 2 is 1.92 bits per heavy atom. The average Bonchev–Trinajstić information content (AvgIpc) is 2.89. The molecule has 24 heavy (non-hydrogen) atoms. The summed E-state index contributed by atoms with van der Waals surface area (Å²) >= 11 is 0. The van der Waals surface area contributed by atoms with Crippen molar-refractivity contribution >= 4 is 17.0 Å². The first-order valence-electron chi connectivity index (χ1n) is 7.37. The number of amides is 1. The maximum Gasteiger partial charge on any atom is 0.420 e. The lowest BCUT2D eigenvalue weighted by Crippen LogP contribution is -2.33. The van der Waals surface area contributed by atoms with E-state index in [-0.39, 0.29) is 31.4 Å². The summed E-state index contributed by atoms with van der Waals surface area (Å²) in [6.45, 7) is 0.154. The highest BCUT2D eigenvalue weighted by Gasteiger charge is 2.12. The van der Waals surface area contributed by atoms with Crippen molar-refractivity contribution < 1.29 is 18.3 Å². The summed E-state index contributed by atoms with van der Waals surface area (Å²) in [5.74, 6) is -1.28. The molecule has 0 aliphatic rings. The number of carbonyl (C=O) groups excluding carboxylic acids is 1. The van der Waals surface area contributed by atoms with Gasteiger partial charge in [0.15, 0.2) is 17.1 Å². The summed E-state index contributed by atoms with van der Waals surface area (Å²) in [4.78, 5) is 23.7. The van der Waals surface area contributed by atoms with E-state index >= 15 is 0 Å². The van der Waals surface area contributed by atoms with Gasteiger partial charge in [0, 0.05) is 0 Å². The van der Waals surface area contributed by atoms with Crippen molar-refractivity contribution in [3.63, 3.8) is 0 Å². The van der Waals surface area contributed by atoms with Crippen molar-refractivity contribution in [3.05, 3.63) is 64.9 Å². The molecule has 7 heteroatoms. The minimum atomic E-state index is -0.589. The molecule has 3 rings (SSSR count). The fourth-order valence-corrected chi connectivity index (χ4v) is 2.28. The summed E-state index contributed by atoms with van der Waals surface area (Å²) < 4.78 is 24.9. The lowest BCUT2D eigenvalue weighted by molar-refractivity contribution is -0.121. The molecule has 1 amide bonds. The molecule has 1 aromatic heterocycles. The van der Waals surface area contributed by atoms with Crippen LogP contribution in [0.3, 0.4) is 0 Å². The van der Waals surface area contributed by atoms with Crippen molar-refractivity contribution in [2.24, 2.45) is 0 Å². The third-order valence-corrected chi connectivity index (χ3v) is 3.39. The van der Waals surface area contributed by atoms with E-state index in [0.717, 1.165) is 0 Å². The highest BCUT2D eigenvalue weighted by Crippen LogP contribution is 2.14. The number of aromatic nitrogens is 1. The van der Waals surface area contributed by atoms with Crippen LogP contribution in [0.15, 0.2) is 57.7 Å². The fourth-order valence-electron chi connectivity index (χ4n) is 2.28. The summed E-state index contributed by atoms with van der Waals surface area (Å²) in [5, 5.41) is 2.61. The average molecular weight is 330 g/mol. The molecule has 3 aromatic rings. The lowest BCUT2D eigenvalue weighted by atomic mass is 10.3. The molecule has 1 N–H and O–H groups in total. The molecule has 0 unspecified atom stereocenters. The van der Waals surface area contributed by atoms with Gasteiger partial charge in [0.25, 0.3) is 0 Å². The van der Waals surface area contributed by atoms with Crippen LogP contribution in [0.25, 0.3) is 11.1 Å². The number of hydrogen-bond acceptors (Lipinski definition) is 4. The first kappa shape index (κ1) is 15.8. The van der Waals surface area contributed by atoms with Gasteiger partial charge in [-0.3, -0.25) is 9.36 Å². The van der Waals surface area contributed by atoms with Crippen LogP contribution in [-0.4, -0.2) is 23.6 Å². The molecule has 0 fully saturated rings. The monoisotopic (exact) mass is 330 g/mol. The molecule has 0 saturated carbocycles. The van der Waals surface area contributed by atoms with Crippen molar-refractivity contribution in [2.45, 2.75) is 6.54 Å². The summed E-state index contributed by atoms with van der Waals surface area (Å²) in [5.41, 5.74) is 0.985. The number of oxazole rings is 1. The van der Waals surface area contributed by atoms with E-state index in [1.165, 1.54) is 16.7 Å². The molecule has 0 bridgehead atoms. The Morgan fingerprint density at radius 1 is 1.17 bits per heavy atom. The quantitative estimate of drug-likeness (QED) is 0.701. The number of benzene rings is 2. The number of halogens is 1. The van der Waals surface area contributed by atoms with Crippen molar-refractivity contribution in [1.82, 2.24) is 9.88 Å². The van der Waals surface area contributed by atoms with Crippen LogP contribution in [0.2, 0.25) is 0 Å². The molecule has 0 spiro atoms. The number of fused-ring (bicyclic) bond motifs is 1. The van der Waals surface area contributed by atoms with Crippen LogP contribution in [0.4, 0.5) is 4.39 Å². The minimum Gasteiger partial charge on any atom is -0.489 e. The predicted octanol–water partition coefficient (Wildman–Crippen LogP) is 1.93. The topological polar surface area (TPSA) is 73.5 Å². The molecule has 1 heterocycles. The van der Waals surface area contributed by atoms with Crippen LogP contribution < -0.4 is 15.8 Å². The van der Waals surface area contributed by atoms with Crippen LogP contribution >= 0.6 is 0 Å². The van der Waals surface area contributed by atoms with E-state index in [4.69, 9.17) is 9.15 Å². The third-order valence-electron chi connectivity index (χ3n) is 3.39.